The minimum atomic E-state index is -0.569. The zero-order valence-electron chi connectivity index (χ0n) is 9.94. The molecule has 1 amide bonds. The maximum atomic E-state index is 11.8. The van der Waals surface area contributed by atoms with Gasteiger partial charge in [-0.3, -0.25) is 4.79 Å². The van der Waals surface area contributed by atoms with Gasteiger partial charge >= 0.3 is 0 Å². The van der Waals surface area contributed by atoms with E-state index in [9.17, 15) is 4.79 Å². The molecule has 0 bridgehead atoms. The number of carbonyl (C=O) groups excluding carboxylic acids is 1. The van der Waals surface area contributed by atoms with E-state index in [2.05, 4.69) is 5.32 Å². The van der Waals surface area contributed by atoms with Gasteiger partial charge in [0.25, 0.3) is 5.91 Å². The summed E-state index contributed by atoms with van der Waals surface area (Å²) in [6, 6.07) is 5.27. The molecule has 0 saturated heterocycles. The van der Waals surface area contributed by atoms with Crippen molar-refractivity contribution in [1.82, 2.24) is 5.32 Å². The van der Waals surface area contributed by atoms with Gasteiger partial charge in [-0.25, -0.2) is 0 Å². The Bertz CT molecular complexity index is 497. The van der Waals surface area contributed by atoms with Crippen LogP contribution in [0.1, 0.15) is 12.5 Å². The van der Waals surface area contributed by atoms with Gasteiger partial charge in [-0.1, -0.05) is 11.6 Å². The normalized spacial score (nSPS) is 15.2. The number of hydrogen-bond donors (Lipinski definition) is 2. The number of ether oxygens (including phenoxy) is 1. The Labute approximate surface area is 110 Å². The molecule has 1 aromatic rings. The predicted molar refractivity (Wildman–Crippen MR) is 69.6 cm³/mol. The SMILES string of the molecule is C[C@H](O)CNC(=O)C1=Cc2cc(Cl)ccc2OC1. The average Bonchev–Trinajstić information content (AvgIpc) is 2.34. The molecule has 1 heterocycles. The highest BCUT2D eigenvalue weighted by molar-refractivity contribution is 6.30. The van der Waals surface area contributed by atoms with Crippen LogP contribution in [0.4, 0.5) is 0 Å². The molecule has 0 aliphatic carbocycles. The number of carbonyl (C=O) groups is 1. The third-order valence-corrected chi connectivity index (χ3v) is 2.77. The molecule has 1 aliphatic rings. The number of aliphatic hydroxyl groups is 1. The van der Waals surface area contributed by atoms with E-state index in [0.29, 0.717) is 16.3 Å². The van der Waals surface area contributed by atoms with Crippen molar-refractivity contribution < 1.29 is 14.6 Å². The fourth-order valence-electron chi connectivity index (χ4n) is 1.63. The molecule has 1 aromatic carbocycles. The quantitative estimate of drug-likeness (QED) is 0.875. The summed E-state index contributed by atoms with van der Waals surface area (Å²) in [6.07, 6.45) is 1.18. The van der Waals surface area contributed by atoms with Gasteiger partial charge in [0.05, 0.1) is 11.7 Å². The summed E-state index contributed by atoms with van der Waals surface area (Å²) < 4.78 is 5.47. The van der Waals surface area contributed by atoms with E-state index in [1.54, 1.807) is 31.2 Å². The number of benzene rings is 1. The lowest BCUT2D eigenvalue weighted by atomic mass is 10.1. The zero-order chi connectivity index (χ0) is 13.1. The smallest absolute Gasteiger partial charge is 0.250 e. The molecule has 2 N–H and O–H groups in total. The predicted octanol–water partition coefficient (Wildman–Crippen LogP) is 1.61. The molecule has 18 heavy (non-hydrogen) atoms. The van der Waals surface area contributed by atoms with Crippen LogP contribution >= 0.6 is 11.6 Å². The van der Waals surface area contributed by atoms with Crippen molar-refractivity contribution in [1.29, 1.82) is 0 Å². The summed E-state index contributed by atoms with van der Waals surface area (Å²) >= 11 is 5.89. The van der Waals surface area contributed by atoms with Crippen LogP contribution < -0.4 is 10.1 Å². The highest BCUT2D eigenvalue weighted by Crippen LogP contribution is 2.28. The molecule has 4 nitrogen and oxygen atoms in total. The molecule has 0 radical (unpaired) electrons. The topological polar surface area (TPSA) is 58.6 Å². The van der Waals surface area contributed by atoms with Crippen LogP contribution in [0.5, 0.6) is 5.75 Å². The van der Waals surface area contributed by atoms with Crippen molar-refractivity contribution in [3.8, 4) is 5.75 Å². The van der Waals surface area contributed by atoms with Crippen molar-refractivity contribution in [2.75, 3.05) is 13.2 Å². The van der Waals surface area contributed by atoms with Gasteiger partial charge in [0, 0.05) is 17.1 Å². The highest BCUT2D eigenvalue weighted by Gasteiger charge is 2.17. The largest absolute Gasteiger partial charge is 0.488 e. The summed E-state index contributed by atoms with van der Waals surface area (Å²) in [7, 11) is 0. The van der Waals surface area contributed by atoms with Crippen molar-refractivity contribution in [3.63, 3.8) is 0 Å². The van der Waals surface area contributed by atoms with Gasteiger partial charge in [-0.15, -0.1) is 0 Å². The fraction of sp³-hybridized carbons (Fsp3) is 0.308. The molecule has 0 fully saturated rings. The molecule has 2 rings (SSSR count). The van der Waals surface area contributed by atoms with Gasteiger partial charge in [0.1, 0.15) is 12.4 Å². The maximum Gasteiger partial charge on any atom is 0.250 e. The van der Waals surface area contributed by atoms with Gasteiger partial charge in [-0.05, 0) is 31.2 Å². The first-order valence-corrected chi connectivity index (χ1v) is 6.03. The van der Waals surface area contributed by atoms with Crippen molar-refractivity contribution >= 4 is 23.6 Å². The van der Waals surface area contributed by atoms with E-state index >= 15 is 0 Å². The van der Waals surface area contributed by atoms with Crippen molar-refractivity contribution in [2.45, 2.75) is 13.0 Å². The Morgan fingerprint density at radius 1 is 1.61 bits per heavy atom. The first-order chi connectivity index (χ1) is 8.56. The Kier molecular flexibility index (Phi) is 3.89. The number of fused-ring (bicyclic) bond motifs is 1. The van der Waals surface area contributed by atoms with Gasteiger partial charge in [-0.2, -0.15) is 0 Å². The van der Waals surface area contributed by atoms with Crippen molar-refractivity contribution in [3.05, 3.63) is 34.4 Å². The van der Waals surface area contributed by atoms with Crippen LogP contribution in [0.25, 0.3) is 6.08 Å². The van der Waals surface area contributed by atoms with E-state index in [-0.39, 0.29) is 19.1 Å². The summed E-state index contributed by atoms with van der Waals surface area (Å²) in [4.78, 5) is 11.8. The maximum absolute atomic E-state index is 11.8. The van der Waals surface area contributed by atoms with Crippen LogP contribution in [0.2, 0.25) is 5.02 Å². The molecule has 96 valence electrons. The number of halogens is 1. The van der Waals surface area contributed by atoms with Crippen LogP contribution in [0.15, 0.2) is 23.8 Å². The second-order valence-corrected chi connectivity index (χ2v) is 4.64. The third-order valence-electron chi connectivity index (χ3n) is 2.53. The van der Waals surface area contributed by atoms with Crippen LogP contribution in [-0.4, -0.2) is 30.3 Å². The Hall–Kier alpha value is -1.52. The van der Waals surface area contributed by atoms with Crippen molar-refractivity contribution in [2.24, 2.45) is 0 Å². The van der Waals surface area contributed by atoms with E-state index in [0.717, 1.165) is 5.56 Å². The number of amides is 1. The molecule has 0 saturated carbocycles. The first-order valence-electron chi connectivity index (χ1n) is 5.65. The second-order valence-electron chi connectivity index (χ2n) is 4.20. The molecule has 0 spiro atoms. The molecule has 1 atom stereocenters. The minimum absolute atomic E-state index is 0.221. The molecular formula is C13H14ClNO3. The fourth-order valence-corrected chi connectivity index (χ4v) is 1.81. The minimum Gasteiger partial charge on any atom is -0.488 e. The highest BCUT2D eigenvalue weighted by atomic mass is 35.5. The lowest BCUT2D eigenvalue weighted by Crippen LogP contribution is -2.33. The molecule has 0 unspecified atom stereocenters. The van der Waals surface area contributed by atoms with Gasteiger partial charge in [0.15, 0.2) is 0 Å². The standard InChI is InChI=1S/C13H14ClNO3/c1-8(16)6-15-13(17)10-4-9-5-11(14)2-3-12(9)18-7-10/h2-5,8,16H,6-7H2,1H3,(H,15,17)/t8-/m0/s1. The number of hydrogen-bond acceptors (Lipinski definition) is 3. The van der Waals surface area contributed by atoms with Gasteiger partial charge in [0.2, 0.25) is 0 Å². The van der Waals surface area contributed by atoms with E-state index in [4.69, 9.17) is 21.4 Å². The summed E-state index contributed by atoms with van der Waals surface area (Å²) in [5, 5.41) is 12.3. The Morgan fingerprint density at radius 3 is 3.11 bits per heavy atom. The Morgan fingerprint density at radius 2 is 2.39 bits per heavy atom. The zero-order valence-corrected chi connectivity index (χ0v) is 10.7. The monoisotopic (exact) mass is 267 g/mol. The second kappa shape index (κ2) is 5.42. The van der Waals surface area contributed by atoms with Gasteiger partial charge < -0.3 is 15.2 Å². The lowest BCUT2D eigenvalue weighted by molar-refractivity contribution is -0.118. The summed E-state index contributed by atoms with van der Waals surface area (Å²) in [6.45, 7) is 2.06. The summed E-state index contributed by atoms with van der Waals surface area (Å²) in [5.74, 6) is 0.480. The Balaban J connectivity index is 2.14. The lowest BCUT2D eigenvalue weighted by Gasteiger charge is -2.18. The van der Waals surface area contributed by atoms with Crippen LogP contribution in [0.3, 0.4) is 0 Å². The third kappa shape index (κ3) is 3.03. The van der Waals surface area contributed by atoms with E-state index < -0.39 is 6.10 Å². The number of rotatable bonds is 3. The van der Waals surface area contributed by atoms with E-state index in [1.165, 1.54) is 0 Å². The molecule has 1 aliphatic heterocycles. The molecule has 5 heteroatoms. The van der Waals surface area contributed by atoms with Crippen LogP contribution in [0, 0.1) is 0 Å². The van der Waals surface area contributed by atoms with E-state index in [1.807, 2.05) is 0 Å². The molecule has 0 aromatic heterocycles. The molecular weight excluding hydrogens is 254 g/mol. The summed E-state index contributed by atoms with van der Waals surface area (Å²) in [5.41, 5.74) is 1.31. The number of aliphatic hydroxyl groups excluding tert-OH is 1. The number of nitrogens with one attached hydrogen (secondary N) is 1. The average molecular weight is 268 g/mol. The van der Waals surface area contributed by atoms with Crippen LogP contribution in [-0.2, 0) is 4.79 Å². The first kappa shape index (κ1) is 12.9.